The summed E-state index contributed by atoms with van der Waals surface area (Å²) < 4.78 is 5.24. The van der Waals surface area contributed by atoms with Crippen LogP contribution >= 0.6 is 11.8 Å². The molecule has 7 rings (SSSR count). The average molecular weight is 1720 g/mol. The molecule has 40 nitrogen and oxygen atoms in total. The van der Waals surface area contributed by atoms with Gasteiger partial charge >= 0.3 is 17.9 Å². The van der Waals surface area contributed by atoms with Gasteiger partial charge in [-0.25, -0.2) is 0 Å². The van der Waals surface area contributed by atoms with Crippen molar-refractivity contribution in [1.82, 2.24) is 82.3 Å². The number of amides is 14. The lowest BCUT2D eigenvalue weighted by Crippen LogP contribution is -2.61. The molecule has 2 fully saturated rings. The van der Waals surface area contributed by atoms with Crippen molar-refractivity contribution in [1.29, 1.82) is 0 Å². The molecule has 4 heterocycles. The highest BCUT2D eigenvalue weighted by Gasteiger charge is 2.42. The van der Waals surface area contributed by atoms with Gasteiger partial charge in [-0.1, -0.05) is 50.1 Å². The first-order valence-corrected chi connectivity index (χ1v) is 41.4. The number of carbonyl (C=O) groups excluding carboxylic acids is 14. The number of methoxy groups -OCH3 is 1. The first kappa shape index (κ1) is 96.7. The number of phenols is 1. The number of benzene rings is 3. The number of carboxylic acid groups (broad SMARTS) is 3. The van der Waals surface area contributed by atoms with E-state index in [0.717, 1.165) is 31.4 Å². The summed E-state index contributed by atoms with van der Waals surface area (Å²) in [4.78, 5) is 243. The molecule has 5 aromatic rings. The number of phenolic OH excluding ortho intramolecular Hbond substituents is 1. The van der Waals surface area contributed by atoms with E-state index >= 15 is 9.59 Å². The molecule has 0 aliphatic carbocycles. The van der Waals surface area contributed by atoms with E-state index in [4.69, 9.17) is 21.3 Å². The summed E-state index contributed by atoms with van der Waals surface area (Å²) in [6.07, 6.45) is 2.50. The summed E-state index contributed by atoms with van der Waals surface area (Å²) in [5.74, 6) is -13.9. The van der Waals surface area contributed by atoms with Crippen LogP contribution in [-0.2, 0) is 101 Å². The van der Waals surface area contributed by atoms with Gasteiger partial charge in [0.05, 0.1) is 32.4 Å². The molecule has 0 saturated carbocycles. The van der Waals surface area contributed by atoms with Gasteiger partial charge in [-0.3, -0.25) is 81.5 Å². The minimum absolute atomic E-state index is 0.00276. The number of ether oxygens (including phenoxy) is 1. The Morgan fingerprint density at radius 2 is 1.16 bits per heavy atom. The van der Waals surface area contributed by atoms with Crippen LogP contribution in [0.2, 0.25) is 0 Å². The monoisotopic (exact) mass is 1720 g/mol. The highest BCUT2D eigenvalue weighted by atomic mass is 32.2. The summed E-state index contributed by atoms with van der Waals surface area (Å²) in [6, 6.07) is 3.69. The lowest BCUT2D eigenvalue weighted by Gasteiger charge is -2.32. The molecule has 2 aliphatic rings. The number of likely N-dealkylation sites (tertiary alicyclic amines) is 2. The summed E-state index contributed by atoms with van der Waals surface area (Å²) in [5.41, 5.74) is 14.8. The van der Waals surface area contributed by atoms with E-state index in [1.807, 2.05) is 6.92 Å². The van der Waals surface area contributed by atoms with Crippen molar-refractivity contribution in [3.05, 3.63) is 95.8 Å². The number of hydrogen-bond donors (Lipinski definition) is 17. The number of likely N-dealkylation sites (N-methyl/N-ethyl adjacent to an activating group) is 3. The fourth-order valence-corrected chi connectivity index (χ4v) is 15.1. The van der Waals surface area contributed by atoms with Gasteiger partial charge in [-0.05, 0) is 118 Å². The molecule has 0 spiro atoms. The maximum atomic E-state index is 15.1. The number of aromatic amines is 2. The highest BCUT2D eigenvalue weighted by molar-refractivity contribution is 7.99. The zero-order valence-corrected chi connectivity index (χ0v) is 69.9. The summed E-state index contributed by atoms with van der Waals surface area (Å²) in [6.45, 7) is 1.60. The third-order valence-electron chi connectivity index (χ3n) is 21.0. The Morgan fingerprint density at radius 3 is 1.81 bits per heavy atom. The van der Waals surface area contributed by atoms with Gasteiger partial charge in [0, 0.05) is 125 Å². The molecule has 14 amide bonds. The van der Waals surface area contributed by atoms with Crippen LogP contribution in [0.4, 0.5) is 0 Å². The fraction of sp³-hybridized carbons (Fsp3) is 0.519. The molecule has 19 N–H and O–H groups in total. The molecule has 0 bridgehead atoms. The lowest BCUT2D eigenvalue weighted by molar-refractivity contribution is -0.145. The third-order valence-corrected chi connectivity index (χ3v) is 21.9. The number of nitrogens with two attached hydrogens (primary N) is 2. The Morgan fingerprint density at radius 1 is 0.598 bits per heavy atom. The summed E-state index contributed by atoms with van der Waals surface area (Å²) >= 11 is 1.06. The number of para-hydroxylation sites is 1. The zero-order chi connectivity index (χ0) is 89.4. The maximum Gasteiger partial charge on any atom is 0.305 e. The number of rotatable bonds is 50. The van der Waals surface area contributed by atoms with Crippen LogP contribution in [0.3, 0.4) is 0 Å². The number of aromatic nitrogens is 2. The minimum Gasteiger partial charge on any atom is -0.508 e. The number of nitrogens with one attached hydrogen (secondary N) is 11. The second-order valence-electron chi connectivity index (χ2n) is 30.2. The maximum absolute atomic E-state index is 15.1. The average Bonchev–Trinajstić information content (AvgIpc) is 1.66. The predicted molar refractivity (Wildman–Crippen MR) is 444 cm³/mol. The lowest BCUT2D eigenvalue weighted by atomic mass is 10.0. The molecular formula is C81H112N18O22S. The summed E-state index contributed by atoms with van der Waals surface area (Å²) in [7, 11) is 5.39. The Hall–Kier alpha value is -12.4. The molecule has 122 heavy (non-hydrogen) atoms. The van der Waals surface area contributed by atoms with Crippen LogP contribution in [0.5, 0.6) is 11.5 Å². The van der Waals surface area contributed by atoms with Crippen molar-refractivity contribution in [3.63, 3.8) is 0 Å². The van der Waals surface area contributed by atoms with E-state index < -0.39 is 206 Å². The van der Waals surface area contributed by atoms with Crippen molar-refractivity contribution in [3.8, 4) is 11.5 Å². The topological polar surface area (TPSA) is 588 Å². The second-order valence-corrected chi connectivity index (χ2v) is 31.3. The standard InChI is InChI=1S/C81H112N18O22S/c1-7-8-15-63(76(115)90-56(24-26-69(105)106)72(111)84-30-33-122-44-67(103)88-60(35-47-18-21-51(121-6)22-19-47)79(118)95(3)42-66(102)87-46(2)34-71(109)110)97(5)68(104)43-96(4)80(119)61(37-49-41-86-55-23-20-50(101)38-53(49)55)93-73(112)57(28-29-82)89-74(113)59(36-48-40-85-54-14-10-9-13-52(48)54)92-78(117)65-17-12-32-99(65)81(120)58(25-27-70(107)108)91-75(114)62(39-83)94-77(116)64-16-11-31-98(64)45-100/h9-10,13-14,18-23,38,40-41,45-46,56-65,85-86,101H,7-8,11-12,15-17,24-37,39,42-44,82-83H2,1-6H3,(H,84,111)(H,87,102)(H,88,103)(H,89,113)(H,90,115)(H,91,114)(H,92,117)(H,93,112)(H,94,116)(H,105,106)(H,107,108)(H,109,110)/t46-,56+,57+,58+,59+,60+,61+,62+,63+,64?,65?/m1/s1. The molecule has 41 heteroatoms. The highest BCUT2D eigenvalue weighted by Crippen LogP contribution is 2.27. The molecule has 3 aromatic carbocycles. The molecular weight excluding hydrogens is 1610 g/mol. The van der Waals surface area contributed by atoms with Crippen LogP contribution in [0, 0.1) is 0 Å². The molecule has 2 saturated heterocycles. The largest absolute Gasteiger partial charge is 0.508 e. The number of fused-ring (bicyclic) bond motifs is 2. The SMILES string of the molecule is CCCC[C@@H](C(=O)N[C@@H](CCC(=O)O)C(=O)NCCSCC(=O)N[C@@H](Cc1ccc(OC)cc1)C(=O)N(C)CC(=O)N[C@H](C)CC(=O)O)N(C)C(=O)CN(C)C(=O)[C@H](Cc1c[nH]c2ccc(O)cc12)NC(=O)[C@H](CCN)NC(=O)[C@H](Cc1c[nH]c2ccccc12)NC(=O)C1CCCN1C(=O)[C@H](CCC(=O)O)NC(=O)[C@H](CN)NC(=O)C1CCCN1C=O. The number of carbonyl (C=O) groups is 17. The number of aromatic hydroxyl groups is 1. The number of thioether (sulfide) groups is 1. The normalized spacial score (nSPS) is 15.9. The number of nitrogens with zero attached hydrogens (tertiary/aromatic N) is 5. The molecule has 2 unspecified atom stereocenters. The Labute approximate surface area is 707 Å². The van der Waals surface area contributed by atoms with Crippen LogP contribution in [0.15, 0.2) is 79.1 Å². The first-order valence-electron chi connectivity index (χ1n) is 40.2. The summed E-state index contributed by atoms with van der Waals surface area (Å²) in [5, 5.41) is 64.0. The van der Waals surface area contributed by atoms with Crippen LogP contribution in [0.1, 0.15) is 114 Å². The second kappa shape index (κ2) is 47.6. The van der Waals surface area contributed by atoms with Crippen LogP contribution < -0.4 is 64.1 Å². The van der Waals surface area contributed by atoms with Gasteiger partial charge in [0.2, 0.25) is 83.2 Å². The van der Waals surface area contributed by atoms with Gasteiger partial charge in [0.15, 0.2) is 0 Å². The molecule has 664 valence electrons. The van der Waals surface area contributed by atoms with Crippen LogP contribution in [-0.4, -0.2) is 308 Å². The van der Waals surface area contributed by atoms with E-state index in [-0.39, 0.29) is 88.3 Å². The van der Waals surface area contributed by atoms with Gasteiger partial charge in [-0.2, -0.15) is 11.8 Å². The number of unbranched alkanes of at least 4 members (excludes halogenated alkanes) is 1. The number of H-pyrrole nitrogens is 2. The van der Waals surface area contributed by atoms with Gasteiger partial charge < -0.3 is 119 Å². The molecule has 0 radical (unpaired) electrons. The van der Waals surface area contributed by atoms with Gasteiger partial charge in [-0.15, -0.1) is 0 Å². The Bertz CT molecular complexity index is 4540. The van der Waals surface area contributed by atoms with Crippen molar-refractivity contribution >= 4 is 135 Å². The van der Waals surface area contributed by atoms with Crippen molar-refractivity contribution in [2.75, 3.05) is 85.6 Å². The van der Waals surface area contributed by atoms with Gasteiger partial charge in [0.1, 0.15) is 71.9 Å². The van der Waals surface area contributed by atoms with Crippen molar-refractivity contribution < 1.29 is 107 Å². The number of aliphatic carboxylic acids is 3. The Kier molecular flexibility index (Phi) is 37.7. The first-order chi connectivity index (χ1) is 58.2. The quantitative estimate of drug-likeness (QED) is 0.0151. The predicted octanol–water partition coefficient (Wildman–Crippen LogP) is -1.80. The van der Waals surface area contributed by atoms with Crippen molar-refractivity contribution in [2.24, 2.45) is 11.5 Å². The molecule has 11 atom stereocenters. The van der Waals surface area contributed by atoms with Crippen molar-refractivity contribution in [2.45, 2.75) is 183 Å². The van der Waals surface area contributed by atoms with Crippen LogP contribution in [0.25, 0.3) is 21.8 Å². The zero-order valence-electron chi connectivity index (χ0n) is 69.0. The van der Waals surface area contributed by atoms with E-state index in [1.165, 1.54) is 52.2 Å². The van der Waals surface area contributed by atoms with E-state index in [1.54, 1.807) is 67.0 Å². The molecule has 2 aromatic heterocycles. The number of hydrogen-bond acceptors (Lipinski definition) is 22. The molecule has 2 aliphatic heterocycles. The third kappa shape index (κ3) is 28.6. The minimum atomic E-state index is -1.57. The Balaban J connectivity index is 1.04. The van der Waals surface area contributed by atoms with E-state index in [2.05, 4.69) is 57.8 Å². The van der Waals surface area contributed by atoms with Gasteiger partial charge in [0.25, 0.3) is 0 Å². The van der Waals surface area contributed by atoms with E-state index in [9.17, 15) is 87.2 Å². The smallest absolute Gasteiger partial charge is 0.305 e. The fourth-order valence-electron chi connectivity index (χ4n) is 14.4. The number of carboxylic acids is 3. The van der Waals surface area contributed by atoms with E-state index in [0.29, 0.717) is 82.9 Å².